The van der Waals surface area contributed by atoms with Crippen LogP contribution in [0.2, 0.25) is 5.02 Å². The molecule has 12 heavy (non-hydrogen) atoms. The molecule has 0 aliphatic carbocycles. The highest BCUT2D eigenvalue weighted by Crippen LogP contribution is 2.20. The number of aromatic nitrogens is 1. The number of halogens is 2. The molecule has 0 atom stereocenters. The Morgan fingerprint density at radius 3 is 2.83 bits per heavy atom. The summed E-state index contributed by atoms with van der Waals surface area (Å²) in [6.07, 6.45) is 2.30. The average Bonchev–Trinajstić information content (AvgIpc) is 2.03. The molecule has 0 saturated carbocycles. The van der Waals surface area contributed by atoms with Gasteiger partial charge >= 0.3 is 0 Å². The van der Waals surface area contributed by atoms with Crippen molar-refractivity contribution in [1.82, 2.24) is 4.98 Å². The van der Waals surface area contributed by atoms with Gasteiger partial charge < -0.3 is 0 Å². The maximum absolute atomic E-state index is 11.0. The molecule has 0 radical (unpaired) electrons. The van der Waals surface area contributed by atoms with Crippen LogP contribution in [-0.2, 0) is 6.42 Å². The van der Waals surface area contributed by atoms with Gasteiger partial charge in [0.05, 0.1) is 16.3 Å². The van der Waals surface area contributed by atoms with E-state index in [1.165, 1.54) is 0 Å². The predicted molar refractivity (Wildman–Crippen MR) is 51.9 cm³/mol. The number of carbonyl (C=O) groups excluding carboxylic acids is 1. The molecule has 1 aromatic heterocycles. The molecule has 0 fully saturated rings. The largest absolute Gasteiger partial charge is 0.281 e. The smallest absolute Gasteiger partial charge is 0.231 e. The Hall–Kier alpha value is -0.410. The van der Waals surface area contributed by atoms with Gasteiger partial charge in [-0.1, -0.05) is 18.5 Å². The summed E-state index contributed by atoms with van der Waals surface area (Å²) in [6, 6.07) is 1.61. The topological polar surface area (TPSA) is 30.0 Å². The van der Waals surface area contributed by atoms with Gasteiger partial charge in [-0.15, -0.1) is 0 Å². The van der Waals surface area contributed by atoms with E-state index >= 15 is 0 Å². The summed E-state index contributed by atoms with van der Waals surface area (Å²) in [5, 5.41) is 0.448. The lowest BCUT2D eigenvalue weighted by Gasteiger charge is -2.03. The fourth-order valence-electron chi connectivity index (χ4n) is 0.954. The Kier molecular flexibility index (Phi) is 3.23. The van der Waals surface area contributed by atoms with Gasteiger partial charge in [0.2, 0.25) is 4.69 Å². The van der Waals surface area contributed by atoms with Crippen molar-refractivity contribution in [3.8, 4) is 0 Å². The van der Waals surface area contributed by atoms with E-state index in [0.29, 0.717) is 17.0 Å². The van der Waals surface area contributed by atoms with Crippen LogP contribution in [-0.4, -0.2) is 9.68 Å². The van der Waals surface area contributed by atoms with E-state index < -0.39 is 0 Å². The highest BCUT2D eigenvalue weighted by Gasteiger charge is 2.12. The van der Waals surface area contributed by atoms with Gasteiger partial charge in [-0.25, -0.2) is 0 Å². The van der Waals surface area contributed by atoms with Gasteiger partial charge in [0.1, 0.15) is 0 Å². The minimum atomic E-state index is -0.211. The zero-order valence-corrected chi connectivity index (χ0v) is 8.82. The van der Waals surface area contributed by atoms with E-state index in [9.17, 15) is 4.79 Å². The summed E-state index contributed by atoms with van der Waals surface area (Å²) in [6.45, 7) is 1.93. The second-order valence-corrected chi connectivity index (χ2v) is 3.37. The summed E-state index contributed by atoms with van der Waals surface area (Å²) in [5.41, 5.74) is 1.20. The summed E-state index contributed by atoms with van der Waals surface area (Å²) in [5.74, 6) is 0. The molecule has 64 valence electrons. The first kappa shape index (κ1) is 9.68. The lowest BCUT2D eigenvalue weighted by atomic mass is 10.2. The van der Waals surface area contributed by atoms with E-state index in [2.05, 4.69) is 20.9 Å². The molecule has 0 N–H and O–H groups in total. The number of rotatable bonds is 2. The van der Waals surface area contributed by atoms with Crippen LogP contribution in [0.5, 0.6) is 0 Å². The Labute approximate surface area is 84.1 Å². The molecular weight excluding hydrogens is 241 g/mol. The molecule has 1 aromatic rings. The fourth-order valence-corrected chi connectivity index (χ4v) is 1.76. The van der Waals surface area contributed by atoms with Gasteiger partial charge in [-0.05, 0) is 28.4 Å². The third kappa shape index (κ3) is 1.84. The molecule has 1 heterocycles. The molecule has 4 heteroatoms. The van der Waals surface area contributed by atoms with Crippen LogP contribution in [0.4, 0.5) is 0 Å². The van der Waals surface area contributed by atoms with Gasteiger partial charge in [0, 0.05) is 6.20 Å². The Balaban J connectivity index is 3.29. The minimum absolute atomic E-state index is 0.211. The fraction of sp³-hybridized carbons (Fsp3) is 0.250. The maximum Gasteiger partial charge on any atom is 0.231 e. The minimum Gasteiger partial charge on any atom is -0.281 e. The SMILES string of the molecule is CCc1nccc(Cl)c1C(=O)Br. The zero-order valence-electron chi connectivity index (χ0n) is 6.47. The molecule has 2 nitrogen and oxygen atoms in total. The van der Waals surface area contributed by atoms with Gasteiger partial charge in [-0.3, -0.25) is 9.78 Å². The third-order valence-electron chi connectivity index (χ3n) is 1.51. The van der Waals surface area contributed by atoms with Crippen LogP contribution in [0.25, 0.3) is 0 Å². The van der Waals surface area contributed by atoms with Gasteiger partial charge in [0.15, 0.2) is 0 Å². The summed E-state index contributed by atoms with van der Waals surface area (Å²) < 4.78 is -0.211. The molecule has 0 unspecified atom stereocenters. The van der Waals surface area contributed by atoms with E-state index in [4.69, 9.17) is 11.6 Å². The van der Waals surface area contributed by atoms with Crippen LogP contribution in [0, 0.1) is 0 Å². The number of hydrogen-bond acceptors (Lipinski definition) is 2. The molecule has 1 rings (SSSR count). The third-order valence-corrected chi connectivity index (χ3v) is 2.22. The summed E-state index contributed by atoms with van der Waals surface area (Å²) in [4.78, 5) is 15.1. The first-order valence-corrected chi connectivity index (χ1v) is 4.67. The van der Waals surface area contributed by atoms with Crippen LogP contribution in [0.3, 0.4) is 0 Å². The van der Waals surface area contributed by atoms with Crippen molar-refractivity contribution in [3.63, 3.8) is 0 Å². The van der Waals surface area contributed by atoms with Crippen molar-refractivity contribution in [1.29, 1.82) is 0 Å². The number of aryl methyl sites for hydroxylation is 1. The first-order valence-electron chi connectivity index (χ1n) is 3.50. The van der Waals surface area contributed by atoms with Gasteiger partial charge in [0.25, 0.3) is 0 Å². The van der Waals surface area contributed by atoms with Crippen LogP contribution in [0.15, 0.2) is 12.3 Å². The monoisotopic (exact) mass is 247 g/mol. The van der Waals surface area contributed by atoms with Crippen LogP contribution < -0.4 is 0 Å². The maximum atomic E-state index is 11.0. The number of pyridine rings is 1. The Morgan fingerprint density at radius 2 is 2.42 bits per heavy atom. The zero-order chi connectivity index (χ0) is 9.14. The Bertz CT molecular complexity index is 314. The van der Waals surface area contributed by atoms with Crippen molar-refractivity contribution in [3.05, 3.63) is 28.5 Å². The quantitative estimate of drug-likeness (QED) is 0.753. The van der Waals surface area contributed by atoms with Crippen molar-refractivity contribution in [2.45, 2.75) is 13.3 Å². The molecule has 0 aliphatic rings. The van der Waals surface area contributed by atoms with Gasteiger partial charge in [-0.2, -0.15) is 0 Å². The summed E-state index contributed by atoms with van der Waals surface area (Å²) >= 11 is 8.67. The molecule has 0 bridgehead atoms. The first-order chi connectivity index (χ1) is 5.66. The number of carbonyl (C=O) groups is 1. The molecule has 0 aromatic carbocycles. The molecular formula is C8H7BrClNO. The normalized spacial score (nSPS) is 9.92. The average molecular weight is 249 g/mol. The lowest BCUT2D eigenvalue weighted by Crippen LogP contribution is -1.99. The molecule has 0 aliphatic heterocycles. The van der Waals surface area contributed by atoms with E-state index in [1.807, 2.05) is 6.92 Å². The number of nitrogens with zero attached hydrogens (tertiary/aromatic N) is 1. The van der Waals surface area contributed by atoms with Crippen LogP contribution >= 0.6 is 27.5 Å². The Morgan fingerprint density at radius 1 is 1.75 bits per heavy atom. The van der Waals surface area contributed by atoms with E-state index in [1.54, 1.807) is 12.3 Å². The van der Waals surface area contributed by atoms with Crippen molar-refractivity contribution >= 4 is 32.2 Å². The van der Waals surface area contributed by atoms with E-state index in [0.717, 1.165) is 5.69 Å². The predicted octanol–water partition coefficient (Wildman–Crippen LogP) is 2.83. The van der Waals surface area contributed by atoms with Crippen LogP contribution in [0.1, 0.15) is 23.0 Å². The molecule has 0 amide bonds. The number of hydrogen-bond donors (Lipinski definition) is 0. The second-order valence-electron chi connectivity index (χ2n) is 2.24. The lowest BCUT2D eigenvalue weighted by molar-refractivity contribution is 0.109. The second kappa shape index (κ2) is 4.01. The van der Waals surface area contributed by atoms with Crippen molar-refractivity contribution in [2.75, 3.05) is 0 Å². The van der Waals surface area contributed by atoms with Crippen molar-refractivity contribution in [2.24, 2.45) is 0 Å². The standard InChI is InChI=1S/C8H7BrClNO/c1-2-6-7(8(9)12)5(10)3-4-11-6/h3-4H,2H2,1H3. The van der Waals surface area contributed by atoms with Crippen molar-refractivity contribution < 1.29 is 4.79 Å². The summed E-state index contributed by atoms with van der Waals surface area (Å²) in [7, 11) is 0. The highest BCUT2D eigenvalue weighted by atomic mass is 79.9. The van der Waals surface area contributed by atoms with E-state index in [-0.39, 0.29) is 4.69 Å². The molecule has 0 saturated heterocycles. The molecule has 0 spiro atoms. The highest BCUT2D eigenvalue weighted by molar-refractivity contribution is 9.18.